The number of anilines is 1. The molecule has 0 unspecified atom stereocenters. The van der Waals surface area contributed by atoms with Gasteiger partial charge in [-0.2, -0.15) is 0 Å². The molecule has 0 fully saturated rings. The van der Waals surface area contributed by atoms with Crippen molar-refractivity contribution in [2.45, 2.75) is 26.7 Å². The summed E-state index contributed by atoms with van der Waals surface area (Å²) in [6.45, 7) is 6.23. The van der Waals surface area contributed by atoms with Crippen LogP contribution in [0.1, 0.15) is 41.3 Å². The lowest BCUT2D eigenvalue weighted by Crippen LogP contribution is -2.14. The van der Waals surface area contributed by atoms with Crippen LogP contribution in [0.25, 0.3) is 0 Å². The predicted molar refractivity (Wildman–Crippen MR) is 92.4 cm³/mol. The fraction of sp³-hybridized carbons (Fsp3) is 0.235. The van der Waals surface area contributed by atoms with Crippen LogP contribution in [0.15, 0.2) is 40.9 Å². The highest BCUT2D eigenvalue weighted by Gasteiger charge is 2.14. The molecule has 2 aromatic carbocycles. The van der Waals surface area contributed by atoms with Gasteiger partial charge in [0, 0.05) is 15.7 Å². The number of carbonyl (C=O) groups excluding carboxylic acids is 1. The Balaban J connectivity index is 2.33. The van der Waals surface area contributed by atoms with E-state index in [1.165, 1.54) is 0 Å². The van der Waals surface area contributed by atoms with E-state index in [4.69, 9.17) is 11.6 Å². The molecule has 2 aromatic rings. The summed E-state index contributed by atoms with van der Waals surface area (Å²) in [6, 6.07) is 11.2. The van der Waals surface area contributed by atoms with Crippen molar-refractivity contribution in [3.05, 3.63) is 62.6 Å². The smallest absolute Gasteiger partial charge is 0.255 e. The van der Waals surface area contributed by atoms with Gasteiger partial charge in [-0.25, -0.2) is 0 Å². The fourth-order valence-electron chi connectivity index (χ4n) is 2.17. The van der Waals surface area contributed by atoms with Crippen LogP contribution in [0.3, 0.4) is 0 Å². The number of benzene rings is 2. The van der Waals surface area contributed by atoms with Crippen molar-refractivity contribution in [3.8, 4) is 0 Å². The lowest BCUT2D eigenvalue weighted by molar-refractivity contribution is 0.102. The van der Waals surface area contributed by atoms with E-state index in [0.29, 0.717) is 21.0 Å². The summed E-state index contributed by atoms with van der Waals surface area (Å²) in [6.07, 6.45) is 0. The Kier molecular flexibility index (Phi) is 5.07. The van der Waals surface area contributed by atoms with Crippen LogP contribution in [0.2, 0.25) is 5.02 Å². The second-order valence-electron chi connectivity index (χ2n) is 5.28. The minimum atomic E-state index is -0.136. The zero-order chi connectivity index (χ0) is 15.6. The van der Waals surface area contributed by atoms with Crippen LogP contribution >= 0.6 is 27.5 Å². The fourth-order valence-corrected chi connectivity index (χ4v) is 2.66. The van der Waals surface area contributed by atoms with Gasteiger partial charge in [0.2, 0.25) is 0 Å². The summed E-state index contributed by atoms with van der Waals surface area (Å²) in [5.41, 5.74) is 3.66. The van der Waals surface area contributed by atoms with Gasteiger partial charge in [0.25, 0.3) is 5.91 Å². The highest BCUT2D eigenvalue weighted by atomic mass is 79.9. The predicted octanol–water partition coefficient (Wildman–Crippen LogP) is 5.79. The Morgan fingerprint density at radius 1 is 1.24 bits per heavy atom. The molecule has 2 rings (SSSR count). The van der Waals surface area contributed by atoms with E-state index in [2.05, 4.69) is 35.1 Å². The van der Waals surface area contributed by atoms with Crippen LogP contribution in [0, 0.1) is 6.92 Å². The van der Waals surface area contributed by atoms with Crippen LogP contribution < -0.4 is 5.32 Å². The number of carbonyl (C=O) groups is 1. The molecule has 110 valence electrons. The number of hydrogen-bond acceptors (Lipinski definition) is 1. The van der Waals surface area contributed by atoms with Crippen molar-refractivity contribution in [2.24, 2.45) is 0 Å². The number of para-hydroxylation sites is 1. The van der Waals surface area contributed by atoms with Crippen LogP contribution in [-0.4, -0.2) is 5.91 Å². The molecule has 0 radical (unpaired) electrons. The van der Waals surface area contributed by atoms with Gasteiger partial charge < -0.3 is 5.32 Å². The monoisotopic (exact) mass is 365 g/mol. The molecule has 0 aliphatic heterocycles. The quantitative estimate of drug-likeness (QED) is 0.732. The molecule has 1 N–H and O–H groups in total. The lowest BCUT2D eigenvalue weighted by Gasteiger charge is -2.16. The molecule has 4 heteroatoms. The Hall–Kier alpha value is -1.32. The van der Waals surface area contributed by atoms with Crippen molar-refractivity contribution in [1.29, 1.82) is 0 Å². The van der Waals surface area contributed by atoms with Gasteiger partial charge in [-0.05, 0) is 58.1 Å². The molecule has 0 heterocycles. The Morgan fingerprint density at radius 2 is 1.95 bits per heavy atom. The molecule has 0 spiro atoms. The third-order valence-corrected chi connectivity index (χ3v) is 4.56. The molecule has 0 bridgehead atoms. The summed E-state index contributed by atoms with van der Waals surface area (Å²) in [4.78, 5) is 12.4. The number of hydrogen-bond donors (Lipinski definition) is 1. The summed E-state index contributed by atoms with van der Waals surface area (Å²) < 4.78 is 0.714. The maximum Gasteiger partial charge on any atom is 0.255 e. The molecule has 0 aromatic heterocycles. The van der Waals surface area contributed by atoms with Crippen molar-refractivity contribution in [2.75, 3.05) is 5.32 Å². The third kappa shape index (κ3) is 3.66. The molecule has 0 saturated carbocycles. The maximum absolute atomic E-state index is 12.4. The number of nitrogens with one attached hydrogen (secondary N) is 1. The van der Waals surface area contributed by atoms with Gasteiger partial charge in [0.15, 0.2) is 0 Å². The largest absolute Gasteiger partial charge is 0.321 e. The molecule has 0 saturated heterocycles. The summed E-state index contributed by atoms with van der Waals surface area (Å²) in [5, 5.41) is 3.61. The highest BCUT2D eigenvalue weighted by molar-refractivity contribution is 9.10. The maximum atomic E-state index is 12.4. The zero-order valence-corrected chi connectivity index (χ0v) is 14.5. The molecule has 0 aliphatic rings. The summed E-state index contributed by atoms with van der Waals surface area (Å²) >= 11 is 9.30. The van der Waals surface area contributed by atoms with Gasteiger partial charge in [-0.1, -0.05) is 43.6 Å². The van der Waals surface area contributed by atoms with Crippen molar-refractivity contribution in [1.82, 2.24) is 0 Å². The minimum Gasteiger partial charge on any atom is -0.321 e. The average molecular weight is 367 g/mol. The first kappa shape index (κ1) is 16.1. The molecular formula is C17H17BrClNO. The second kappa shape index (κ2) is 6.63. The van der Waals surface area contributed by atoms with E-state index in [0.717, 1.165) is 16.8 Å². The van der Waals surface area contributed by atoms with E-state index in [1.807, 2.05) is 25.1 Å². The highest BCUT2D eigenvalue weighted by Crippen LogP contribution is 2.29. The minimum absolute atomic E-state index is 0.136. The number of halogens is 2. The first-order valence-corrected chi connectivity index (χ1v) is 7.93. The van der Waals surface area contributed by atoms with Gasteiger partial charge in [-0.15, -0.1) is 0 Å². The Morgan fingerprint density at radius 3 is 2.57 bits per heavy atom. The number of amides is 1. The van der Waals surface area contributed by atoms with Crippen molar-refractivity contribution >= 4 is 39.1 Å². The summed E-state index contributed by atoms with van der Waals surface area (Å²) in [5.74, 6) is 0.209. The molecular weight excluding hydrogens is 350 g/mol. The zero-order valence-electron chi connectivity index (χ0n) is 12.2. The third-order valence-electron chi connectivity index (χ3n) is 3.35. The second-order valence-corrected chi connectivity index (χ2v) is 6.54. The van der Waals surface area contributed by atoms with E-state index >= 15 is 0 Å². The standard InChI is InChI=1S/C17H17BrClNO/c1-10(2)13-6-4-5-11(3)16(13)20-17(21)12-7-8-15(19)14(18)9-12/h4-10H,1-3H3,(H,20,21). The Bertz CT molecular complexity index is 682. The van der Waals surface area contributed by atoms with E-state index in [1.54, 1.807) is 18.2 Å². The van der Waals surface area contributed by atoms with E-state index in [-0.39, 0.29) is 5.91 Å². The van der Waals surface area contributed by atoms with Gasteiger partial charge in [0.1, 0.15) is 0 Å². The average Bonchev–Trinajstić information content (AvgIpc) is 2.43. The van der Waals surface area contributed by atoms with Gasteiger partial charge in [0.05, 0.1) is 5.02 Å². The van der Waals surface area contributed by atoms with Crippen molar-refractivity contribution < 1.29 is 4.79 Å². The van der Waals surface area contributed by atoms with Gasteiger partial charge in [-0.3, -0.25) is 4.79 Å². The van der Waals surface area contributed by atoms with Crippen LogP contribution in [0.5, 0.6) is 0 Å². The molecule has 0 atom stereocenters. The Labute approximate surface area is 138 Å². The topological polar surface area (TPSA) is 29.1 Å². The number of rotatable bonds is 3. The summed E-state index contributed by atoms with van der Waals surface area (Å²) in [7, 11) is 0. The molecule has 0 aliphatic carbocycles. The van der Waals surface area contributed by atoms with Crippen molar-refractivity contribution in [3.63, 3.8) is 0 Å². The van der Waals surface area contributed by atoms with E-state index in [9.17, 15) is 4.79 Å². The van der Waals surface area contributed by atoms with E-state index < -0.39 is 0 Å². The first-order valence-electron chi connectivity index (χ1n) is 6.76. The SMILES string of the molecule is Cc1cccc(C(C)C)c1NC(=O)c1ccc(Cl)c(Br)c1. The number of aryl methyl sites for hydroxylation is 1. The molecule has 2 nitrogen and oxygen atoms in total. The van der Waals surface area contributed by atoms with Crippen LogP contribution in [0.4, 0.5) is 5.69 Å². The van der Waals surface area contributed by atoms with Crippen LogP contribution in [-0.2, 0) is 0 Å². The first-order chi connectivity index (χ1) is 9.90. The lowest BCUT2D eigenvalue weighted by atomic mass is 9.98. The molecule has 1 amide bonds. The molecule has 21 heavy (non-hydrogen) atoms. The van der Waals surface area contributed by atoms with Gasteiger partial charge >= 0.3 is 0 Å². The normalized spacial score (nSPS) is 10.8.